The minimum absolute atomic E-state index is 0.0804. The van der Waals surface area contributed by atoms with E-state index in [4.69, 9.17) is 5.73 Å². The molecule has 2 N–H and O–H groups in total. The Labute approximate surface area is 114 Å². The molecular weight excluding hydrogens is 234 g/mol. The Morgan fingerprint density at radius 2 is 1.74 bits per heavy atom. The zero-order valence-corrected chi connectivity index (χ0v) is 11.4. The monoisotopic (exact) mass is 253 g/mol. The Bertz CT molecular complexity index is 585. The second-order valence-corrected chi connectivity index (χ2v) is 4.88. The molecule has 2 rings (SSSR count). The van der Waals surface area contributed by atoms with Crippen LogP contribution in [-0.4, -0.2) is 12.3 Å². The number of rotatable bonds is 4. The molecule has 0 aliphatic rings. The van der Waals surface area contributed by atoms with Crippen LogP contribution in [0.15, 0.2) is 42.5 Å². The molecular formula is C17H19NO. The molecule has 0 bridgehead atoms. The molecule has 0 unspecified atom stereocenters. The Balaban J connectivity index is 2.28. The molecule has 0 aliphatic carbocycles. The van der Waals surface area contributed by atoms with Crippen molar-refractivity contribution < 1.29 is 4.79 Å². The third-order valence-electron chi connectivity index (χ3n) is 3.28. The molecule has 0 spiro atoms. The molecule has 0 aliphatic heterocycles. The van der Waals surface area contributed by atoms with Gasteiger partial charge in [-0.15, -0.1) is 0 Å². The van der Waals surface area contributed by atoms with Gasteiger partial charge in [0.2, 0.25) is 0 Å². The van der Waals surface area contributed by atoms with E-state index in [1.165, 1.54) is 11.1 Å². The first-order chi connectivity index (χ1) is 9.11. The Hall–Kier alpha value is -1.93. The van der Waals surface area contributed by atoms with Gasteiger partial charge in [-0.3, -0.25) is 4.79 Å². The number of hydrogen-bond donors (Lipinski definition) is 1. The lowest BCUT2D eigenvalue weighted by atomic mass is 9.97. The van der Waals surface area contributed by atoms with Crippen molar-refractivity contribution in [3.63, 3.8) is 0 Å². The van der Waals surface area contributed by atoms with Crippen LogP contribution in [0.1, 0.15) is 32.6 Å². The van der Waals surface area contributed by atoms with E-state index in [1.807, 2.05) is 56.3 Å². The molecule has 98 valence electrons. The topological polar surface area (TPSA) is 43.1 Å². The van der Waals surface area contributed by atoms with E-state index in [2.05, 4.69) is 0 Å². The van der Waals surface area contributed by atoms with Crippen molar-refractivity contribution in [1.82, 2.24) is 0 Å². The summed E-state index contributed by atoms with van der Waals surface area (Å²) in [5.41, 5.74) is 10.4. The lowest BCUT2D eigenvalue weighted by Gasteiger charge is -2.07. The largest absolute Gasteiger partial charge is 0.330 e. The average Bonchev–Trinajstić information content (AvgIpc) is 2.39. The number of benzene rings is 2. The molecule has 2 aromatic rings. The van der Waals surface area contributed by atoms with Crippen LogP contribution < -0.4 is 5.73 Å². The second-order valence-electron chi connectivity index (χ2n) is 4.88. The fourth-order valence-corrected chi connectivity index (χ4v) is 2.21. The third-order valence-corrected chi connectivity index (χ3v) is 3.28. The van der Waals surface area contributed by atoms with E-state index >= 15 is 0 Å². The van der Waals surface area contributed by atoms with Crippen LogP contribution in [0.5, 0.6) is 0 Å². The zero-order valence-electron chi connectivity index (χ0n) is 11.4. The van der Waals surface area contributed by atoms with Gasteiger partial charge in [0.05, 0.1) is 0 Å². The highest BCUT2D eigenvalue weighted by atomic mass is 16.1. The van der Waals surface area contributed by atoms with E-state index < -0.39 is 0 Å². The summed E-state index contributed by atoms with van der Waals surface area (Å²) >= 11 is 0. The van der Waals surface area contributed by atoms with Crippen LogP contribution in [0.25, 0.3) is 0 Å². The predicted molar refractivity (Wildman–Crippen MR) is 78.5 cm³/mol. The number of ketones is 1. The van der Waals surface area contributed by atoms with Gasteiger partial charge in [-0.2, -0.15) is 0 Å². The highest BCUT2D eigenvalue weighted by Crippen LogP contribution is 2.16. The molecule has 0 radical (unpaired) electrons. The first-order valence-corrected chi connectivity index (χ1v) is 6.53. The summed E-state index contributed by atoms with van der Waals surface area (Å²) < 4.78 is 0. The molecule has 19 heavy (non-hydrogen) atoms. The lowest BCUT2D eigenvalue weighted by molar-refractivity contribution is 0.103. The van der Waals surface area contributed by atoms with Crippen LogP contribution in [0, 0.1) is 13.8 Å². The molecule has 2 heteroatoms. The Morgan fingerprint density at radius 3 is 2.32 bits per heavy atom. The van der Waals surface area contributed by atoms with E-state index in [0.717, 1.165) is 23.1 Å². The van der Waals surface area contributed by atoms with Crippen molar-refractivity contribution in [3.8, 4) is 0 Å². The van der Waals surface area contributed by atoms with Gasteiger partial charge in [0.1, 0.15) is 0 Å². The fourth-order valence-electron chi connectivity index (χ4n) is 2.21. The van der Waals surface area contributed by atoms with Crippen molar-refractivity contribution in [2.24, 2.45) is 5.73 Å². The van der Waals surface area contributed by atoms with Gasteiger partial charge in [0.25, 0.3) is 0 Å². The molecule has 2 nitrogen and oxygen atoms in total. The summed E-state index contributed by atoms with van der Waals surface area (Å²) in [4.78, 5) is 12.4. The average molecular weight is 253 g/mol. The normalized spacial score (nSPS) is 10.5. The molecule has 0 fully saturated rings. The number of carbonyl (C=O) groups is 1. The van der Waals surface area contributed by atoms with Crippen molar-refractivity contribution in [1.29, 1.82) is 0 Å². The van der Waals surface area contributed by atoms with Gasteiger partial charge in [-0.1, -0.05) is 48.0 Å². The molecule has 0 aromatic heterocycles. The van der Waals surface area contributed by atoms with E-state index in [-0.39, 0.29) is 5.78 Å². The van der Waals surface area contributed by atoms with Crippen molar-refractivity contribution in [2.75, 3.05) is 6.54 Å². The highest BCUT2D eigenvalue weighted by molar-refractivity contribution is 6.09. The summed E-state index contributed by atoms with van der Waals surface area (Å²) in [6.07, 6.45) is 0.845. The van der Waals surface area contributed by atoms with Gasteiger partial charge in [0, 0.05) is 11.1 Å². The van der Waals surface area contributed by atoms with Gasteiger partial charge >= 0.3 is 0 Å². The van der Waals surface area contributed by atoms with Crippen LogP contribution in [0.4, 0.5) is 0 Å². The summed E-state index contributed by atoms with van der Waals surface area (Å²) in [6.45, 7) is 4.64. The summed E-state index contributed by atoms with van der Waals surface area (Å²) in [6, 6.07) is 13.6. The first-order valence-electron chi connectivity index (χ1n) is 6.53. The second kappa shape index (κ2) is 5.81. The molecule has 0 heterocycles. The Kier molecular flexibility index (Phi) is 4.13. The third kappa shape index (κ3) is 3.09. The van der Waals surface area contributed by atoms with Gasteiger partial charge in [-0.25, -0.2) is 0 Å². The lowest BCUT2D eigenvalue weighted by Crippen LogP contribution is -2.05. The quantitative estimate of drug-likeness (QED) is 0.851. The maximum atomic E-state index is 12.4. The van der Waals surface area contributed by atoms with Crippen LogP contribution in [0.2, 0.25) is 0 Å². The van der Waals surface area contributed by atoms with Gasteiger partial charge < -0.3 is 5.73 Å². The maximum Gasteiger partial charge on any atom is 0.193 e. The number of carbonyl (C=O) groups excluding carboxylic acids is 1. The minimum atomic E-state index is 0.0804. The smallest absolute Gasteiger partial charge is 0.193 e. The summed E-state index contributed by atoms with van der Waals surface area (Å²) in [5.74, 6) is 0.0804. The fraction of sp³-hybridized carbons (Fsp3) is 0.235. The zero-order chi connectivity index (χ0) is 13.8. The molecule has 0 saturated heterocycles. The van der Waals surface area contributed by atoms with Crippen molar-refractivity contribution in [3.05, 3.63) is 70.3 Å². The van der Waals surface area contributed by atoms with Crippen molar-refractivity contribution in [2.45, 2.75) is 20.3 Å². The van der Waals surface area contributed by atoms with Gasteiger partial charge in [0.15, 0.2) is 5.78 Å². The molecule has 0 atom stereocenters. The Morgan fingerprint density at radius 1 is 1.05 bits per heavy atom. The van der Waals surface area contributed by atoms with Crippen LogP contribution >= 0.6 is 0 Å². The maximum absolute atomic E-state index is 12.4. The first kappa shape index (κ1) is 13.5. The highest BCUT2D eigenvalue weighted by Gasteiger charge is 2.11. The molecule has 0 amide bonds. The SMILES string of the molecule is Cc1ccc(C(=O)c2ccc(CCN)cc2)c(C)c1. The molecule has 0 saturated carbocycles. The van der Waals surface area contributed by atoms with E-state index in [9.17, 15) is 4.79 Å². The predicted octanol–water partition coefficient (Wildman–Crippen LogP) is 3.04. The molecule has 2 aromatic carbocycles. The van der Waals surface area contributed by atoms with Crippen LogP contribution in [0.3, 0.4) is 0 Å². The summed E-state index contributed by atoms with van der Waals surface area (Å²) in [7, 11) is 0. The van der Waals surface area contributed by atoms with E-state index in [0.29, 0.717) is 6.54 Å². The number of nitrogens with two attached hydrogens (primary N) is 1. The van der Waals surface area contributed by atoms with Crippen molar-refractivity contribution >= 4 is 5.78 Å². The standard InChI is InChI=1S/C17H19NO/c1-12-3-8-16(13(2)11-12)17(19)15-6-4-14(5-7-15)9-10-18/h3-8,11H,9-10,18H2,1-2H3. The van der Waals surface area contributed by atoms with Gasteiger partial charge in [-0.05, 0) is 37.9 Å². The summed E-state index contributed by atoms with van der Waals surface area (Å²) in [5, 5.41) is 0. The minimum Gasteiger partial charge on any atom is -0.330 e. The van der Waals surface area contributed by atoms with E-state index in [1.54, 1.807) is 0 Å². The number of hydrogen-bond acceptors (Lipinski definition) is 2. The van der Waals surface area contributed by atoms with Crippen LogP contribution in [-0.2, 0) is 6.42 Å². The number of aryl methyl sites for hydroxylation is 2.